The first-order valence-electron chi connectivity index (χ1n) is 5.55. The van der Waals surface area contributed by atoms with E-state index in [4.69, 9.17) is 0 Å². The van der Waals surface area contributed by atoms with E-state index < -0.39 is 6.51 Å². The van der Waals surface area contributed by atoms with Gasteiger partial charge in [-0.2, -0.15) is 0 Å². The standard InChI is InChI=1S/C5H6P.C5H5.Fe.Rh/c6-5-3-1-2-4-5;1-2-4-5-3-1;;/h1-4H,6H2;1-5H;;. The summed E-state index contributed by atoms with van der Waals surface area (Å²) in [6, 6.07) is 0. The predicted molar refractivity (Wildman–Crippen MR) is 46.2 cm³/mol. The van der Waals surface area contributed by atoms with Gasteiger partial charge in [-0.25, -0.2) is 0 Å². The molecule has 1 spiro atoms. The summed E-state index contributed by atoms with van der Waals surface area (Å²) in [7, 11) is 3.49. The van der Waals surface area contributed by atoms with Gasteiger partial charge in [0.05, 0.1) is 0 Å². The third-order valence-electron chi connectivity index (χ3n) is 14.8. The van der Waals surface area contributed by atoms with Crippen LogP contribution in [0.4, 0.5) is 0 Å². The molecule has 0 aromatic carbocycles. The molecule has 0 nitrogen and oxygen atoms in total. The van der Waals surface area contributed by atoms with Crippen LogP contribution in [0.25, 0.3) is 0 Å². The predicted octanol–water partition coefficient (Wildman–Crippen LogP) is 3.16. The maximum absolute atomic E-state index is 3.49. The second-order valence-corrected chi connectivity index (χ2v) is 34.8. The van der Waals surface area contributed by atoms with Gasteiger partial charge < -0.3 is 0 Å². The number of hydrogen-bond acceptors (Lipinski definition) is 0. The third kappa shape index (κ3) is 0.0395. The minimum Gasteiger partial charge on any atom is 0 e. The zero-order valence-corrected chi connectivity index (χ0v) is 10.9. The van der Waals surface area contributed by atoms with Gasteiger partial charge in [0.25, 0.3) is 0 Å². The summed E-state index contributed by atoms with van der Waals surface area (Å²) in [5.74, 6) is 0. The smallest absolute Gasteiger partial charge is 0 e. The van der Waals surface area contributed by atoms with Crippen molar-refractivity contribution < 1.29 is 26.0 Å². The first-order valence-corrected chi connectivity index (χ1v) is 12.4. The van der Waals surface area contributed by atoms with Crippen molar-refractivity contribution in [1.29, 1.82) is 0 Å². The largest absolute Gasteiger partial charge is 0 e. The molecule has 10 aliphatic rings. The molecule has 0 aromatic rings. The number of rotatable bonds is 0. The second-order valence-electron chi connectivity index (χ2n) is 9.74. The van der Waals surface area contributed by atoms with E-state index in [9.17, 15) is 0 Å². The van der Waals surface area contributed by atoms with Crippen molar-refractivity contribution in [1.82, 2.24) is 0 Å². The van der Waals surface area contributed by atoms with Crippen LogP contribution in [0.1, 0.15) is 0 Å². The summed E-state index contributed by atoms with van der Waals surface area (Å²) < 4.78 is 1.11. The molecular weight excluding hydrogens is 310 g/mol. The molecule has 5 unspecified atom stereocenters. The number of fused-ring (bicyclic) bond motifs is 10. The molecule has 10 aliphatic heterocycles. The third-order valence-corrected chi connectivity index (χ3v) is 62.8. The van der Waals surface area contributed by atoms with Crippen molar-refractivity contribution in [2.75, 3.05) is 0 Å². The summed E-state index contributed by atoms with van der Waals surface area (Å²) >= 11 is 0. The van der Waals surface area contributed by atoms with Gasteiger partial charge in [-0.3, -0.25) is 0 Å². The second kappa shape index (κ2) is 0.339. The molecule has 0 aliphatic carbocycles. The van der Waals surface area contributed by atoms with Crippen LogP contribution in [0.5, 0.6) is 0 Å². The molecule has 0 bridgehead atoms. The fourth-order valence-electron chi connectivity index (χ4n) is 16.3. The molecule has 10 saturated heterocycles. The first kappa shape index (κ1) is 5.27. The normalized spacial score (nSPS) is 151. The Labute approximate surface area is 82.2 Å². The van der Waals surface area contributed by atoms with Crippen molar-refractivity contribution in [3.05, 3.63) is 0 Å². The summed E-state index contributed by atoms with van der Waals surface area (Å²) in [6.07, 6.45) is 0. The Morgan fingerprint density at radius 1 is 0.769 bits per heavy atom. The van der Waals surface area contributed by atoms with Crippen LogP contribution in [-0.4, -0.2) is 4.05 Å². The van der Waals surface area contributed by atoms with Gasteiger partial charge in [0.15, 0.2) is 0 Å². The first-order chi connectivity index (χ1) is 5.55. The molecule has 0 aromatic heterocycles. The molecule has 10 heterocycles. The van der Waals surface area contributed by atoms with E-state index in [2.05, 4.69) is 9.24 Å². The average Bonchev–Trinajstić information content (AvgIpc) is 2.97. The summed E-state index contributed by atoms with van der Waals surface area (Å²) in [6.45, 7) is -2.49. The zero-order valence-electron chi connectivity index (χ0n) is 6.96. The van der Waals surface area contributed by atoms with Gasteiger partial charge in [0.2, 0.25) is 0 Å². The Kier molecular flexibility index (Phi) is 0.137. The summed E-state index contributed by atoms with van der Waals surface area (Å²) in [5.41, 5.74) is 0. The van der Waals surface area contributed by atoms with E-state index in [0.29, 0.717) is 0 Å². The minimum absolute atomic E-state index is 0. The van der Waals surface area contributed by atoms with Gasteiger partial charge >= 0.3 is 63.2 Å². The van der Waals surface area contributed by atoms with E-state index in [1.54, 1.807) is 0 Å². The van der Waals surface area contributed by atoms with E-state index in [1.165, 1.54) is 43.3 Å². The van der Waals surface area contributed by atoms with Gasteiger partial charge in [-0.15, -0.1) is 0 Å². The summed E-state index contributed by atoms with van der Waals surface area (Å²) in [5, 5.41) is 0. The Morgan fingerprint density at radius 2 is 1.15 bits per heavy atom. The maximum Gasteiger partial charge on any atom is 0 e. The zero-order chi connectivity index (χ0) is 7.01. The molecule has 0 N–H and O–H groups in total. The monoisotopic (exact) mass is 321 g/mol. The van der Waals surface area contributed by atoms with Gasteiger partial charge in [0, 0.05) is 19.5 Å². The van der Waals surface area contributed by atoms with Crippen LogP contribution in [0.2, 0.25) is 43.3 Å². The van der Waals surface area contributed by atoms with E-state index in [1.807, 2.05) is 0 Å². The van der Waals surface area contributed by atoms with Gasteiger partial charge in [-0.1, -0.05) is 0 Å². The minimum atomic E-state index is -2.49. The van der Waals surface area contributed by atoms with Crippen molar-refractivity contribution in [3.63, 3.8) is 0 Å². The van der Waals surface area contributed by atoms with Crippen molar-refractivity contribution in [2.24, 2.45) is 0 Å². The molecule has 3 heteroatoms. The fourth-order valence-corrected chi connectivity index (χ4v) is 99.1. The molecule has 0 saturated carbocycles. The van der Waals surface area contributed by atoms with Crippen LogP contribution in [-0.2, 0) is 26.0 Å². The molecule has 1 radical (unpaired) electrons. The molecule has 10 fully saturated rings. The van der Waals surface area contributed by atoms with Crippen LogP contribution >= 0.6 is 9.24 Å². The van der Waals surface area contributed by atoms with Crippen LogP contribution in [0.15, 0.2) is 0 Å². The Balaban J connectivity index is 0.000000441. The molecule has 10 rings (SSSR count). The fraction of sp³-hybridized carbons (Fsp3) is 1.00. The molecule has 5 atom stereocenters. The van der Waals surface area contributed by atoms with Crippen molar-refractivity contribution >= 4 is 9.24 Å². The Morgan fingerprint density at radius 3 is 1.15 bits per heavy atom. The molecule has 13 heavy (non-hydrogen) atoms. The van der Waals surface area contributed by atoms with Crippen molar-refractivity contribution in [3.8, 4) is 0 Å². The van der Waals surface area contributed by atoms with Crippen LogP contribution in [0.3, 0.4) is 0 Å². The van der Waals surface area contributed by atoms with Gasteiger partial charge in [0.1, 0.15) is 0 Å². The molecule has 73 valence electrons. The Bertz CT molecular complexity index is 760. The average molecular weight is 321 g/mol. The SMILES string of the molecule is P[C]12[CH]3[CH]4[CH]5[CH]1[Fe]45321678[CH]2[CH]1[CH]6[CH]7[CH]28.[Rh]. The molecular formula is C10H11FePRh. The number of hydrogen-bond donors (Lipinski definition) is 0. The van der Waals surface area contributed by atoms with E-state index in [0.717, 1.165) is 4.05 Å². The Hall–Kier alpha value is 1.57. The topological polar surface area (TPSA) is 0 Å². The van der Waals surface area contributed by atoms with Crippen LogP contribution in [0, 0.1) is 0 Å². The summed E-state index contributed by atoms with van der Waals surface area (Å²) in [4.78, 5) is 13.8. The van der Waals surface area contributed by atoms with E-state index >= 15 is 0 Å². The van der Waals surface area contributed by atoms with Gasteiger partial charge in [-0.05, 0) is 0 Å². The maximum atomic E-state index is 3.49. The molecule has 0 amide bonds. The van der Waals surface area contributed by atoms with Crippen molar-refractivity contribution in [2.45, 2.75) is 47.4 Å². The quantitative estimate of drug-likeness (QED) is 0.475. The van der Waals surface area contributed by atoms with E-state index in [-0.39, 0.29) is 19.5 Å². The van der Waals surface area contributed by atoms with Crippen LogP contribution < -0.4 is 0 Å².